The molecule has 0 saturated heterocycles. The van der Waals surface area contributed by atoms with E-state index in [-0.39, 0.29) is 23.8 Å². The minimum Gasteiger partial charge on any atom is -0.504 e. The SMILES string of the molecule is COCCOc1cc([N+](=O)[O-])ccc1O. The van der Waals surface area contributed by atoms with E-state index in [1.807, 2.05) is 0 Å². The summed E-state index contributed by atoms with van der Waals surface area (Å²) in [5, 5.41) is 19.8. The van der Waals surface area contributed by atoms with Crippen LogP contribution in [-0.2, 0) is 4.74 Å². The molecule has 0 aliphatic rings. The largest absolute Gasteiger partial charge is 0.504 e. The molecule has 15 heavy (non-hydrogen) atoms. The molecule has 1 rings (SSSR count). The number of nitrogens with zero attached hydrogens (tertiary/aromatic N) is 1. The summed E-state index contributed by atoms with van der Waals surface area (Å²) in [4.78, 5) is 9.89. The van der Waals surface area contributed by atoms with Crippen molar-refractivity contribution < 1.29 is 19.5 Å². The van der Waals surface area contributed by atoms with E-state index in [0.29, 0.717) is 6.61 Å². The number of nitro groups is 1. The van der Waals surface area contributed by atoms with E-state index in [1.54, 1.807) is 0 Å². The summed E-state index contributed by atoms with van der Waals surface area (Å²) in [6.45, 7) is 0.577. The molecule has 0 fully saturated rings. The highest BCUT2D eigenvalue weighted by molar-refractivity contribution is 5.47. The third kappa shape index (κ3) is 3.10. The lowest BCUT2D eigenvalue weighted by Crippen LogP contribution is -2.04. The second-order valence-corrected chi connectivity index (χ2v) is 2.75. The van der Waals surface area contributed by atoms with E-state index >= 15 is 0 Å². The number of ether oxygens (including phenoxy) is 2. The van der Waals surface area contributed by atoms with Crippen LogP contribution in [0.4, 0.5) is 5.69 Å². The number of methoxy groups -OCH3 is 1. The molecule has 1 aromatic rings. The van der Waals surface area contributed by atoms with Crippen LogP contribution in [0, 0.1) is 10.1 Å². The van der Waals surface area contributed by atoms with Crippen molar-refractivity contribution in [2.24, 2.45) is 0 Å². The number of aromatic hydroxyl groups is 1. The molecule has 0 aromatic heterocycles. The first kappa shape index (κ1) is 11.3. The molecule has 1 aromatic carbocycles. The molecule has 0 aliphatic heterocycles. The summed E-state index contributed by atoms with van der Waals surface area (Å²) >= 11 is 0. The van der Waals surface area contributed by atoms with Crippen LogP contribution in [0.2, 0.25) is 0 Å². The molecular formula is C9H11NO5. The monoisotopic (exact) mass is 213 g/mol. The summed E-state index contributed by atoms with van der Waals surface area (Å²) in [5.41, 5.74) is -0.125. The first-order valence-corrected chi connectivity index (χ1v) is 4.24. The molecule has 0 unspecified atom stereocenters. The molecule has 0 atom stereocenters. The second-order valence-electron chi connectivity index (χ2n) is 2.75. The number of phenolic OH excluding ortho intramolecular Hbond substituents is 1. The molecule has 0 bridgehead atoms. The van der Waals surface area contributed by atoms with E-state index in [1.165, 1.54) is 25.3 Å². The number of phenols is 1. The smallest absolute Gasteiger partial charge is 0.273 e. The van der Waals surface area contributed by atoms with Gasteiger partial charge in [0.15, 0.2) is 11.5 Å². The Morgan fingerprint density at radius 1 is 1.47 bits per heavy atom. The predicted octanol–water partition coefficient (Wildman–Crippen LogP) is 1.33. The van der Waals surface area contributed by atoms with Gasteiger partial charge in [-0.1, -0.05) is 0 Å². The highest BCUT2D eigenvalue weighted by atomic mass is 16.6. The lowest BCUT2D eigenvalue weighted by Gasteiger charge is -2.06. The average molecular weight is 213 g/mol. The summed E-state index contributed by atoms with van der Waals surface area (Å²) in [6.07, 6.45) is 0. The zero-order valence-corrected chi connectivity index (χ0v) is 8.17. The van der Waals surface area contributed by atoms with Crippen molar-refractivity contribution in [1.29, 1.82) is 0 Å². The minimum atomic E-state index is -0.553. The predicted molar refractivity (Wildman–Crippen MR) is 52.1 cm³/mol. The zero-order valence-electron chi connectivity index (χ0n) is 8.17. The van der Waals surface area contributed by atoms with Crippen molar-refractivity contribution in [2.75, 3.05) is 20.3 Å². The van der Waals surface area contributed by atoms with Crippen molar-refractivity contribution >= 4 is 5.69 Å². The number of nitro benzene ring substituents is 1. The van der Waals surface area contributed by atoms with Crippen LogP contribution in [0.1, 0.15) is 0 Å². The molecule has 82 valence electrons. The van der Waals surface area contributed by atoms with Crippen LogP contribution < -0.4 is 4.74 Å². The molecule has 6 heteroatoms. The fourth-order valence-electron chi connectivity index (χ4n) is 0.967. The molecule has 0 radical (unpaired) electrons. The number of hydrogen-bond donors (Lipinski definition) is 1. The van der Waals surface area contributed by atoms with Gasteiger partial charge in [-0.3, -0.25) is 10.1 Å². The van der Waals surface area contributed by atoms with E-state index in [0.717, 1.165) is 0 Å². The summed E-state index contributed by atoms with van der Waals surface area (Å²) in [5.74, 6) is -0.0436. The van der Waals surface area contributed by atoms with Crippen LogP contribution in [0.5, 0.6) is 11.5 Å². The second kappa shape index (κ2) is 5.16. The number of benzene rings is 1. The molecule has 0 spiro atoms. The zero-order chi connectivity index (χ0) is 11.3. The maximum atomic E-state index is 10.4. The molecule has 0 heterocycles. The fourth-order valence-corrected chi connectivity index (χ4v) is 0.967. The number of hydrogen-bond acceptors (Lipinski definition) is 5. The van der Waals surface area contributed by atoms with Crippen LogP contribution in [0.15, 0.2) is 18.2 Å². The Hall–Kier alpha value is -1.82. The van der Waals surface area contributed by atoms with Crippen LogP contribution >= 0.6 is 0 Å². The quantitative estimate of drug-likeness (QED) is 0.453. The van der Waals surface area contributed by atoms with Gasteiger partial charge >= 0.3 is 0 Å². The Morgan fingerprint density at radius 2 is 2.20 bits per heavy atom. The fraction of sp³-hybridized carbons (Fsp3) is 0.333. The number of non-ortho nitro benzene ring substituents is 1. The first-order chi connectivity index (χ1) is 7.15. The maximum Gasteiger partial charge on any atom is 0.273 e. The van der Waals surface area contributed by atoms with Gasteiger partial charge in [-0.15, -0.1) is 0 Å². The lowest BCUT2D eigenvalue weighted by molar-refractivity contribution is -0.385. The van der Waals surface area contributed by atoms with Gasteiger partial charge < -0.3 is 14.6 Å². The Labute approximate surface area is 86.2 Å². The van der Waals surface area contributed by atoms with Gasteiger partial charge in [0.1, 0.15) is 6.61 Å². The van der Waals surface area contributed by atoms with Gasteiger partial charge in [-0.2, -0.15) is 0 Å². The van der Waals surface area contributed by atoms with Crippen molar-refractivity contribution in [1.82, 2.24) is 0 Å². The standard InChI is InChI=1S/C9H11NO5/c1-14-4-5-15-9-6-7(10(12)13)2-3-8(9)11/h2-3,6,11H,4-5H2,1H3. The van der Waals surface area contributed by atoms with Crippen molar-refractivity contribution in [3.05, 3.63) is 28.3 Å². The summed E-state index contributed by atoms with van der Waals surface area (Å²) in [6, 6.07) is 3.60. The summed E-state index contributed by atoms with van der Waals surface area (Å²) < 4.78 is 9.83. The number of rotatable bonds is 5. The van der Waals surface area contributed by atoms with Crippen LogP contribution in [-0.4, -0.2) is 30.4 Å². The van der Waals surface area contributed by atoms with Crippen LogP contribution in [0.25, 0.3) is 0 Å². The highest BCUT2D eigenvalue weighted by Gasteiger charge is 2.10. The lowest BCUT2D eigenvalue weighted by atomic mass is 10.3. The van der Waals surface area contributed by atoms with Crippen molar-refractivity contribution in [3.8, 4) is 11.5 Å². The van der Waals surface area contributed by atoms with Gasteiger partial charge in [0.05, 0.1) is 17.6 Å². The minimum absolute atomic E-state index is 0.0845. The molecular weight excluding hydrogens is 202 g/mol. The van der Waals surface area contributed by atoms with Gasteiger partial charge in [0.2, 0.25) is 0 Å². The van der Waals surface area contributed by atoms with Crippen molar-refractivity contribution in [2.45, 2.75) is 0 Å². The van der Waals surface area contributed by atoms with Gasteiger partial charge in [0.25, 0.3) is 5.69 Å². The molecule has 0 saturated carbocycles. The van der Waals surface area contributed by atoms with E-state index in [4.69, 9.17) is 9.47 Å². The van der Waals surface area contributed by atoms with Crippen molar-refractivity contribution in [3.63, 3.8) is 0 Å². The average Bonchev–Trinajstić information content (AvgIpc) is 2.20. The Bertz CT molecular complexity index is 352. The van der Waals surface area contributed by atoms with E-state index < -0.39 is 4.92 Å². The van der Waals surface area contributed by atoms with Gasteiger partial charge in [-0.05, 0) is 6.07 Å². The topological polar surface area (TPSA) is 81.8 Å². The Kier molecular flexibility index (Phi) is 3.87. The molecule has 0 amide bonds. The van der Waals surface area contributed by atoms with E-state index in [9.17, 15) is 15.2 Å². The van der Waals surface area contributed by atoms with Gasteiger partial charge in [-0.25, -0.2) is 0 Å². The Morgan fingerprint density at radius 3 is 2.80 bits per heavy atom. The normalized spacial score (nSPS) is 9.93. The Balaban J connectivity index is 2.76. The molecule has 6 nitrogen and oxygen atoms in total. The highest BCUT2D eigenvalue weighted by Crippen LogP contribution is 2.29. The molecule has 0 aliphatic carbocycles. The van der Waals surface area contributed by atoms with E-state index in [2.05, 4.69) is 0 Å². The first-order valence-electron chi connectivity index (χ1n) is 4.24. The molecule has 1 N–H and O–H groups in total. The summed E-state index contributed by atoms with van der Waals surface area (Å²) in [7, 11) is 1.51. The third-order valence-corrected chi connectivity index (χ3v) is 1.70. The third-order valence-electron chi connectivity index (χ3n) is 1.70. The van der Waals surface area contributed by atoms with Gasteiger partial charge in [0, 0.05) is 13.2 Å². The maximum absolute atomic E-state index is 10.4. The van der Waals surface area contributed by atoms with Crippen LogP contribution in [0.3, 0.4) is 0 Å².